The molecule has 0 N–H and O–H groups in total. The van der Waals surface area contributed by atoms with Gasteiger partial charge in [-0.3, -0.25) is 0 Å². The lowest BCUT2D eigenvalue weighted by atomic mass is 10.2. The van der Waals surface area contributed by atoms with Crippen LogP contribution in [0.25, 0.3) is 6.08 Å². The fraction of sp³-hybridized carbons (Fsp3) is 0.364. The van der Waals surface area contributed by atoms with Gasteiger partial charge >= 0.3 is 0 Å². The Morgan fingerprint density at radius 3 is 3.14 bits per heavy atom. The van der Waals surface area contributed by atoms with Gasteiger partial charge in [0, 0.05) is 13.5 Å². The number of furan rings is 1. The molecule has 72 valence electrons. The summed E-state index contributed by atoms with van der Waals surface area (Å²) in [5.74, 6) is 0.767. The molecule has 1 fully saturated rings. The Kier molecular flexibility index (Phi) is 2.14. The predicted octanol–water partition coefficient (Wildman–Crippen LogP) is 2.22. The second-order valence-electron chi connectivity index (χ2n) is 3.39. The van der Waals surface area contributed by atoms with Crippen LogP contribution in [0.3, 0.4) is 0 Å². The molecule has 14 heavy (non-hydrogen) atoms. The lowest BCUT2D eigenvalue weighted by molar-refractivity contribution is 0.114. The zero-order chi connectivity index (χ0) is 10.0. The minimum absolute atomic E-state index is 0.0151. The Bertz CT molecular complexity index is 374. The van der Waals surface area contributed by atoms with E-state index in [0.717, 1.165) is 12.2 Å². The Morgan fingerprint density at radius 1 is 1.79 bits per heavy atom. The zero-order valence-electron chi connectivity index (χ0n) is 7.93. The molecule has 3 heteroatoms. The maximum atomic E-state index is 8.74. The molecule has 1 aliphatic carbocycles. The summed E-state index contributed by atoms with van der Waals surface area (Å²) in [6.07, 6.45) is 6.14. The highest BCUT2D eigenvalue weighted by atomic mass is 16.5. The van der Waals surface area contributed by atoms with Crippen LogP contribution in [-0.2, 0) is 4.74 Å². The fourth-order valence-electron chi connectivity index (χ4n) is 1.50. The number of rotatable bonds is 3. The molecule has 0 unspecified atom stereocenters. The first-order valence-electron chi connectivity index (χ1n) is 4.48. The molecule has 2 atom stereocenters. The third kappa shape index (κ3) is 1.45. The first kappa shape index (κ1) is 9.04. The maximum absolute atomic E-state index is 8.74. The smallest absolute Gasteiger partial charge is 0.126 e. The van der Waals surface area contributed by atoms with E-state index in [9.17, 15) is 0 Å². The van der Waals surface area contributed by atoms with E-state index >= 15 is 0 Å². The fourth-order valence-corrected chi connectivity index (χ4v) is 1.50. The standard InChI is InChI=1S/C11H11NO2/c1-13-11(7-9(11)8-12)5-4-10-3-2-6-14-10/h2-6,9H,7H2,1H3/b5-4+/t9-,11+/m0/s1. The molecule has 0 spiro atoms. The molecule has 1 aromatic heterocycles. The highest BCUT2D eigenvalue weighted by Gasteiger charge is 2.53. The predicted molar refractivity (Wildman–Crippen MR) is 51.2 cm³/mol. The Hall–Kier alpha value is -1.53. The van der Waals surface area contributed by atoms with E-state index in [1.807, 2.05) is 24.3 Å². The molecule has 0 aliphatic heterocycles. The molecular formula is C11H11NO2. The summed E-state index contributed by atoms with van der Waals surface area (Å²) in [6.45, 7) is 0. The molecular weight excluding hydrogens is 178 g/mol. The third-order valence-corrected chi connectivity index (χ3v) is 2.56. The molecule has 2 rings (SSSR count). The van der Waals surface area contributed by atoms with Crippen molar-refractivity contribution in [3.63, 3.8) is 0 Å². The van der Waals surface area contributed by atoms with Crippen molar-refractivity contribution in [2.24, 2.45) is 5.92 Å². The molecule has 0 radical (unpaired) electrons. The summed E-state index contributed by atoms with van der Waals surface area (Å²) < 4.78 is 10.4. The number of hydrogen-bond acceptors (Lipinski definition) is 3. The van der Waals surface area contributed by atoms with Gasteiger partial charge in [0.25, 0.3) is 0 Å². The first-order valence-corrected chi connectivity index (χ1v) is 4.48. The Labute approximate surface area is 82.6 Å². The maximum Gasteiger partial charge on any atom is 0.126 e. The molecule has 1 aromatic rings. The number of ether oxygens (including phenoxy) is 1. The Morgan fingerprint density at radius 2 is 2.64 bits per heavy atom. The average Bonchev–Trinajstić information content (AvgIpc) is 2.68. The summed E-state index contributed by atoms with van der Waals surface area (Å²) in [7, 11) is 1.63. The number of nitriles is 1. The second-order valence-corrected chi connectivity index (χ2v) is 3.39. The van der Waals surface area contributed by atoms with Gasteiger partial charge in [0.05, 0.1) is 18.3 Å². The van der Waals surface area contributed by atoms with Crippen molar-refractivity contribution < 1.29 is 9.15 Å². The summed E-state index contributed by atoms with van der Waals surface area (Å²) in [5, 5.41) is 8.74. The first-order chi connectivity index (χ1) is 6.80. The molecule has 0 bridgehead atoms. The van der Waals surface area contributed by atoms with Crippen LogP contribution in [0.2, 0.25) is 0 Å². The quantitative estimate of drug-likeness (QED) is 0.732. The van der Waals surface area contributed by atoms with Crippen LogP contribution in [0, 0.1) is 17.2 Å². The highest BCUT2D eigenvalue weighted by Crippen LogP contribution is 2.47. The van der Waals surface area contributed by atoms with Gasteiger partial charge in [0.15, 0.2) is 0 Å². The van der Waals surface area contributed by atoms with Crippen LogP contribution >= 0.6 is 0 Å². The summed E-state index contributed by atoms with van der Waals surface area (Å²) in [6, 6.07) is 5.90. The molecule has 1 heterocycles. The zero-order valence-corrected chi connectivity index (χ0v) is 7.93. The van der Waals surface area contributed by atoms with Crippen molar-refractivity contribution in [3.8, 4) is 6.07 Å². The van der Waals surface area contributed by atoms with Crippen LogP contribution < -0.4 is 0 Å². The van der Waals surface area contributed by atoms with Crippen LogP contribution in [0.15, 0.2) is 28.9 Å². The van der Waals surface area contributed by atoms with Crippen molar-refractivity contribution >= 4 is 6.08 Å². The summed E-state index contributed by atoms with van der Waals surface area (Å²) >= 11 is 0. The van der Waals surface area contributed by atoms with Gasteiger partial charge in [0.1, 0.15) is 11.4 Å². The van der Waals surface area contributed by atoms with Crippen LogP contribution in [0.5, 0.6) is 0 Å². The molecule has 0 saturated heterocycles. The van der Waals surface area contributed by atoms with E-state index in [-0.39, 0.29) is 11.5 Å². The van der Waals surface area contributed by atoms with Crippen LogP contribution in [0.4, 0.5) is 0 Å². The van der Waals surface area contributed by atoms with Gasteiger partial charge in [-0.2, -0.15) is 5.26 Å². The number of hydrogen-bond donors (Lipinski definition) is 0. The second kappa shape index (κ2) is 3.32. The van der Waals surface area contributed by atoms with E-state index in [4.69, 9.17) is 14.4 Å². The van der Waals surface area contributed by atoms with Crippen molar-refractivity contribution in [1.82, 2.24) is 0 Å². The van der Waals surface area contributed by atoms with Crippen molar-refractivity contribution in [2.45, 2.75) is 12.0 Å². The minimum atomic E-state index is -0.373. The normalized spacial score (nSPS) is 30.4. The molecule has 0 amide bonds. The van der Waals surface area contributed by atoms with Crippen molar-refractivity contribution in [3.05, 3.63) is 30.2 Å². The van der Waals surface area contributed by atoms with E-state index < -0.39 is 0 Å². The SMILES string of the molecule is CO[C@]1(/C=C/c2ccco2)C[C@H]1C#N. The number of methoxy groups -OCH3 is 1. The van der Waals surface area contributed by atoms with Gasteiger partial charge in [-0.25, -0.2) is 0 Å². The van der Waals surface area contributed by atoms with Crippen molar-refractivity contribution in [2.75, 3.05) is 7.11 Å². The van der Waals surface area contributed by atoms with Crippen LogP contribution in [0.1, 0.15) is 12.2 Å². The van der Waals surface area contributed by atoms with Crippen LogP contribution in [-0.4, -0.2) is 12.7 Å². The molecule has 1 aliphatic rings. The average molecular weight is 189 g/mol. The highest BCUT2D eigenvalue weighted by molar-refractivity contribution is 5.47. The van der Waals surface area contributed by atoms with Gasteiger partial charge in [-0.05, 0) is 24.3 Å². The van der Waals surface area contributed by atoms with Gasteiger partial charge in [-0.1, -0.05) is 0 Å². The molecule has 1 saturated carbocycles. The van der Waals surface area contributed by atoms with Gasteiger partial charge in [-0.15, -0.1) is 0 Å². The third-order valence-electron chi connectivity index (χ3n) is 2.56. The lowest BCUT2D eigenvalue weighted by Gasteiger charge is -2.06. The van der Waals surface area contributed by atoms with E-state index in [0.29, 0.717) is 0 Å². The topological polar surface area (TPSA) is 46.2 Å². The number of nitrogens with zero attached hydrogens (tertiary/aromatic N) is 1. The molecule has 3 nitrogen and oxygen atoms in total. The minimum Gasteiger partial charge on any atom is -0.465 e. The summed E-state index contributed by atoms with van der Waals surface area (Å²) in [5.41, 5.74) is -0.373. The molecule has 0 aromatic carbocycles. The van der Waals surface area contributed by atoms with E-state index in [2.05, 4.69) is 6.07 Å². The lowest BCUT2D eigenvalue weighted by Crippen LogP contribution is -2.10. The van der Waals surface area contributed by atoms with E-state index in [1.54, 1.807) is 13.4 Å². The monoisotopic (exact) mass is 189 g/mol. The Balaban J connectivity index is 2.08. The largest absolute Gasteiger partial charge is 0.465 e. The van der Waals surface area contributed by atoms with Gasteiger partial charge in [0.2, 0.25) is 0 Å². The van der Waals surface area contributed by atoms with E-state index in [1.165, 1.54) is 0 Å². The van der Waals surface area contributed by atoms with Crippen molar-refractivity contribution in [1.29, 1.82) is 5.26 Å². The summed E-state index contributed by atoms with van der Waals surface area (Å²) in [4.78, 5) is 0. The van der Waals surface area contributed by atoms with Gasteiger partial charge < -0.3 is 9.15 Å².